The van der Waals surface area contributed by atoms with Gasteiger partial charge >= 0.3 is 0 Å². The van der Waals surface area contributed by atoms with Gasteiger partial charge in [-0.05, 0) is 43.4 Å². The van der Waals surface area contributed by atoms with Crippen LogP contribution in [0.1, 0.15) is 25.7 Å². The number of nitrogens with zero attached hydrogens (tertiary/aromatic N) is 2. The van der Waals surface area contributed by atoms with Crippen LogP contribution in [0.2, 0.25) is 0 Å². The Morgan fingerprint density at radius 3 is 2.85 bits per heavy atom. The molecule has 6 nitrogen and oxygen atoms in total. The average Bonchev–Trinajstić information content (AvgIpc) is 3.09. The van der Waals surface area contributed by atoms with E-state index in [2.05, 4.69) is 0 Å². The Hall–Kier alpha value is -1.99. The molecule has 0 aliphatic carbocycles. The number of likely N-dealkylation sites (tertiary alicyclic amines) is 1. The lowest BCUT2D eigenvalue weighted by Crippen LogP contribution is -2.56. The van der Waals surface area contributed by atoms with E-state index < -0.39 is 5.60 Å². The fourth-order valence-corrected chi connectivity index (χ4v) is 4.23. The van der Waals surface area contributed by atoms with Crippen LogP contribution in [0.4, 0.5) is 10.1 Å². The maximum absolute atomic E-state index is 13.6. The zero-order chi connectivity index (χ0) is 18.9. The molecule has 0 bridgehead atoms. The molecular weight excluding hydrogens is 351 g/mol. The first-order valence-electron chi connectivity index (χ1n) is 9.60. The molecule has 1 aromatic rings. The SMILES string of the molecule is O=C(CC1CCOCC1)N1CCC2(C1)CN(c1cccc(F)c1)C(=O)CO2. The van der Waals surface area contributed by atoms with Gasteiger partial charge in [-0.2, -0.15) is 0 Å². The number of ether oxygens (including phenoxy) is 2. The molecule has 4 rings (SSSR count). The third kappa shape index (κ3) is 3.99. The molecule has 146 valence electrons. The summed E-state index contributed by atoms with van der Waals surface area (Å²) in [4.78, 5) is 28.4. The lowest BCUT2D eigenvalue weighted by atomic mass is 9.96. The van der Waals surface area contributed by atoms with Crippen molar-refractivity contribution in [1.29, 1.82) is 0 Å². The molecule has 0 aromatic heterocycles. The van der Waals surface area contributed by atoms with Crippen molar-refractivity contribution in [3.8, 4) is 0 Å². The monoisotopic (exact) mass is 376 g/mol. The van der Waals surface area contributed by atoms with Crippen molar-refractivity contribution in [2.24, 2.45) is 5.92 Å². The number of halogens is 1. The Morgan fingerprint density at radius 2 is 2.07 bits per heavy atom. The van der Waals surface area contributed by atoms with Crippen molar-refractivity contribution in [3.63, 3.8) is 0 Å². The van der Waals surface area contributed by atoms with Gasteiger partial charge in [-0.3, -0.25) is 9.59 Å². The Bertz CT molecular complexity index is 722. The molecule has 1 unspecified atom stereocenters. The number of anilines is 1. The van der Waals surface area contributed by atoms with Gasteiger partial charge in [0.1, 0.15) is 18.0 Å². The van der Waals surface area contributed by atoms with Crippen LogP contribution in [0, 0.1) is 11.7 Å². The van der Waals surface area contributed by atoms with Crippen LogP contribution in [-0.2, 0) is 19.1 Å². The summed E-state index contributed by atoms with van der Waals surface area (Å²) in [7, 11) is 0. The van der Waals surface area contributed by atoms with Crippen molar-refractivity contribution in [3.05, 3.63) is 30.1 Å². The first-order chi connectivity index (χ1) is 13.0. The number of carbonyl (C=O) groups is 2. The maximum Gasteiger partial charge on any atom is 0.253 e. The molecule has 3 fully saturated rings. The Morgan fingerprint density at radius 1 is 1.26 bits per heavy atom. The number of morpholine rings is 1. The van der Waals surface area contributed by atoms with Crippen LogP contribution in [0.3, 0.4) is 0 Å². The van der Waals surface area contributed by atoms with Crippen molar-refractivity contribution in [2.45, 2.75) is 31.3 Å². The van der Waals surface area contributed by atoms with E-state index in [-0.39, 0.29) is 24.2 Å². The topological polar surface area (TPSA) is 59.1 Å². The molecule has 2 amide bonds. The number of benzene rings is 1. The van der Waals surface area contributed by atoms with E-state index in [1.54, 1.807) is 17.0 Å². The van der Waals surface area contributed by atoms with Crippen LogP contribution >= 0.6 is 0 Å². The maximum atomic E-state index is 13.6. The summed E-state index contributed by atoms with van der Waals surface area (Å²) < 4.78 is 24.8. The third-order valence-electron chi connectivity index (χ3n) is 5.84. The zero-order valence-electron chi connectivity index (χ0n) is 15.4. The number of hydrogen-bond donors (Lipinski definition) is 0. The normalized spacial score (nSPS) is 26.8. The first-order valence-corrected chi connectivity index (χ1v) is 9.60. The van der Waals surface area contributed by atoms with E-state index in [1.165, 1.54) is 12.1 Å². The second kappa shape index (κ2) is 7.56. The van der Waals surface area contributed by atoms with Crippen LogP contribution < -0.4 is 4.90 Å². The van der Waals surface area contributed by atoms with Gasteiger partial charge in [-0.1, -0.05) is 6.07 Å². The average molecular weight is 376 g/mol. The number of hydrogen-bond acceptors (Lipinski definition) is 4. The van der Waals surface area contributed by atoms with Crippen LogP contribution in [0.15, 0.2) is 24.3 Å². The van der Waals surface area contributed by atoms with Gasteiger partial charge in [-0.25, -0.2) is 4.39 Å². The fourth-order valence-electron chi connectivity index (χ4n) is 4.23. The molecule has 0 radical (unpaired) electrons. The fraction of sp³-hybridized carbons (Fsp3) is 0.600. The number of rotatable bonds is 3. The van der Waals surface area contributed by atoms with E-state index in [0.29, 0.717) is 44.1 Å². The summed E-state index contributed by atoms with van der Waals surface area (Å²) in [5.74, 6) is -0.0178. The summed E-state index contributed by atoms with van der Waals surface area (Å²) in [6.45, 7) is 2.88. The summed E-state index contributed by atoms with van der Waals surface area (Å²) in [6, 6.07) is 6.04. The van der Waals surface area contributed by atoms with E-state index in [9.17, 15) is 14.0 Å². The second-order valence-corrected chi connectivity index (χ2v) is 7.76. The molecule has 1 atom stereocenters. The lowest BCUT2D eigenvalue weighted by molar-refractivity contribution is -0.139. The summed E-state index contributed by atoms with van der Waals surface area (Å²) >= 11 is 0. The highest BCUT2D eigenvalue weighted by atomic mass is 19.1. The summed E-state index contributed by atoms with van der Waals surface area (Å²) in [6.07, 6.45) is 3.10. The third-order valence-corrected chi connectivity index (χ3v) is 5.84. The van der Waals surface area contributed by atoms with E-state index in [1.807, 2.05) is 4.90 Å². The second-order valence-electron chi connectivity index (χ2n) is 7.76. The minimum absolute atomic E-state index is 0.0431. The molecule has 3 aliphatic heterocycles. The standard InChI is InChI=1S/C20H25FN2O4/c21-16-2-1-3-17(11-16)23-14-20(27-12-19(23)25)6-7-22(13-20)18(24)10-15-4-8-26-9-5-15/h1-3,11,15H,4-10,12-14H2. The van der Waals surface area contributed by atoms with E-state index in [4.69, 9.17) is 9.47 Å². The summed E-state index contributed by atoms with van der Waals surface area (Å²) in [5, 5.41) is 0. The van der Waals surface area contributed by atoms with Crippen LogP contribution in [0.25, 0.3) is 0 Å². The largest absolute Gasteiger partial charge is 0.381 e. The molecule has 3 heterocycles. The molecule has 0 saturated carbocycles. The van der Waals surface area contributed by atoms with Gasteiger partial charge in [0, 0.05) is 31.9 Å². The predicted molar refractivity (Wildman–Crippen MR) is 96.8 cm³/mol. The van der Waals surface area contributed by atoms with Gasteiger partial charge in [0.2, 0.25) is 5.91 Å². The van der Waals surface area contributed by atoms with Gasteiger partial charge in [0.15, 0.2) is 0 Å². The zero-order valence-corrected chi connectivity index (χ0v) is 15.4. The molecule has 1 spiro atoms. The van der Waals surface area contributed by atoms with Crippen LogP contribution in [0.5, 0.6) is 0 Å². The Kier molecular flexibility index (Phi) is 5.14. The highest BCUT2D eigenvalue weighted by molar-refractivity contribution is 5.95. The number of carbonyl (C=O) groups excluding carboxylic acids is 2. The van der Waals surface area contributed by atoms with Gasteiger partial charge in [0.25, 0.3) is 5.91 Å². The van der Waals surface area contributed by atoms with Crippen molar-refractivity contribution in [1.82, 2.24) is 4.90 Å². The minimum Gasteiger partial charge on any atom is -0.381 e. The molecule has 3 aliphatic rings. The Labute approximate surface area is 158 Å². The molecule has 0 N–H and O–H groups in total. The smallest absolute Gasteiger partial charge is 0.253 e. The van der Waals surface area contributed by atoms with Gasteiger partial charge in [-0.15, -0.1) is 0 Å². The van der Waals surface area contributed by atoms with Crippen LogP contribution in [-0.4, -0.2) is 61.8 Å². The minimum atomic E-state index is -0.564. The Balaban J connectivity index is 1.41. The van der Waals surface area contributed by atoms with Crippen molar-refractivity contribution < 1.29 is 23.5 Å². The highest BCUT2D eigenvalue weighted by Crippen LogP contribution is 2.33. The van der Waals surface area contributed by atoms with Crippen molar-refractivity contribution >= 4 is 17.5 Å². The van der Waals surface area contributed by atoms with Gasteiger partial charge < -0.3 is 19.3 Å². The molecular formula is C20H25FN2O4. The molecule has 27 heavy (non-hydrogen) atoms. The van der Waals surface area contributed by atoms with Gasteiger partial charge in [0.05, 0.1) is 13.1 Å². The highest BCUT2D eigenvalue weighted by Gasteiger charge is 2.46. The van der Waals surface area contributed by atoms with E-state index >= 15 is 0 Å². The molecule has 7 heteroatoms. The molecule has 1 aromatic carbocycles. The predicted octanol–water partition coefficient (Wildman–Crippen LogP) is 1.98. The lowest BCUT2D eigenvalue weighted by Gasteiger charge is -2.40. The molecule has 3 saturated heterocycles. The first kappa shape index (κ1) is 18.4. The van der Waals surface area contributed by atoms with Crippen molar-refractivity contribution in [2.75, 3.05) is 44.4 Å². The number of amides is 2. The van der Waals surface area contributed by atoms with E-state index in [0.717, 1.165) is 26.1 Å². The summed E-state index contributed by atoms with van der Waals surface area (Å²) in [5.41, 5.74) is -0.0272. The quantitative estimate of drug-likeness (QED) is 0.809.